The Hall–Kier alpha value is -1.59. The van der Waals surface area contributed by atoms with E-state index in [1.165, 1.54) is 270 Å². The van der Waals surface area contributed by atoms with Gasteiger partial charge in [-0.2, -0.15) is 0 Å². The van der Waals surface area contributed by atoms with Crippen LogP contribution in [0.3, 0.4) is 0 Å². The lowest BCUT2D eigenvalue weighted by atomic mass is 9.99. The molecule has 0 aromatic heterocycles. The van der Waals surface area contributed by atoms with E-state index in [1.54, 1.807) is 0 Å². The van der Waals surface area contributed by atoms with Crippen LogP contribution >= 0.6 is 0 Å². The lowest BCUT2D eigenvalue weighted by Crippen LogP contribution is -2.30. The highest BCUT2D eigenvalue weighted by Gasteiger charge is 2.19. The Labute approximate surface area is 457 Å². The molecule has 73 heavy (non-hydrogen) atoms. The van der Waals surface area contributed by atoms with Gasteiger partial charge in [0.25, 0.3) is 0 Å². The van der Waals surface area contributed by atoms with Gasteiger partial charge in [0.15, 0.2) is 6.10 Å². The zero-order chi connectivity index (χ0) is 53.2. The predicted octanol–water partition coefficient (Wildman–Crippen LogP) is 22.4. The van der Waals surface area contributed by atoms with Crippen LogP contribution in [0.4, 0.5) is 0 Å². The first-order valence-electron chi connectivity index (χ1n) is 33.3. The molecular weight excluding hydrogens is 901 g/mol. The third-order valence-electron chi connectivity index (χ3n) is 15.8. The molecule has 2 atom stereocenters. The van der Waals surface area contributed by atoms with E-state index >= 15 is 0 Å². The fourth-order valence-electron chi connectivity index (χ4n) is 10.4. The molecule has 0 aliphatic heterocycles. The highest BCUT2D eigenvalue weighted by atomic mass is 16.6. The van der Waals surface area contributed by atoms with Gasteiger partial charge < -0.3 is 14.2 Å². The van der Waals surface area contributed by atoms with E-state index in [0.29, 0.717) is 19.3 Å². The Morgan fingerprint density at radius 2 is 0.521 bits per heavy atom. The maximum absolute atomic E-state index is 12.9. The van der Waals surface area contributed by atoms with Crippen molar-refractivity contribution in [2.24, 2.45) is 11.8 Å². The van der Waals surface area contributed by atoms with Crippen molar-refractivity contribution >= 4 is 17.9 Å². The fourth-order valence-corrected chi connectivity index (χ4v) is 10.4. The van der Waals surface area contributed by atoms with Gasteiger partial charge in [0.2, 0.25) is 0 Å². The SMILES string of the molecule is CCCCCCCCCCCCCCC(=O)OC[C@H](COC(=O)CCCCCCCCCCCCCCCCCCCCC(C)CC)OC(=O)CCCCCCCCCCCCCCCCCCCCC(C)C. The zero-order valence-electron chi connectivity index (χ0n) is 50.3. The number of ether oxygens (including phenoxy) is 3. The molecule has 0 heterocycles. The summed E-state index contributed by atoms with van der Waals surface area (Å²) in [6.45, 7) is 11.5. The second-order valence-electron chi connectivity index (χ2n) is 23.8. The Balaban J connectivity index is 4.21. The van der Waals surface area contributed by atoms with E-state index in [4.69, 9.17) is 14.2 Å². The Morgan fingerprint density at radius 1 is 0.288 bits per heavy atom. The molecule has 0 aromatic rings. The molecular formula is C67H130O6. The summed E-state index contributed by atoms with van der Waals surface area (Å²) in [7, 11) is 0. The first kappa shape index (κ1) is 71.4. The van der Waals surface area contributed by atoms with Crippen LogP contribution in [-0.4, -0.2) is 37.2 Å². The molecule has 0 spiro atoms. The average molecular weight is 1030 g/mol. The lowest BCUT2D eigenvalue weighted by molar-refractivity contribution is -0.167. The van der Waals surface area contributed by atoms with Gasteiger partial charge in [0.1, 0.15) is 13.2 Å². The molecule has 0 N–H and O–H groups in total. The molecule has 0 saturated carbocycles. The number of unbranched alkanes of at least 4 members (excludes halogenated alkanes) is 45. The van der Waals surface area contributed by atoms with E-state index in [9.17, 15) is 14.4 Å². The predicted molar refractivity (Wildman–Crippen MR) is 316 cm³/mol. The Morgan fingerprint density at radius 3 is 0.781 bits per heavy atom. The summed E-state index contributed by atoms with van der Waals surface area (Å²) >= 11 is 0. The number of carbonyl (C=O) groups excluding carboxylic acids is 3. The quantitative estimate of drug-likeness (QED) is 0.0343. The van der Waals surface area contributed by atoms with Gasteiger partial charge in [-0.05, 0) is 31.1 Å². The average Bonchev–Trinajstić information content (AvgIpc) is 3.38. The smallest absolute Gasteiger partial charge is 0.306 e. The van der Waals surface area contributed by atoms with E-state index in [2.05, 4.69) is 34.6 Å². The largest absolute Gasteiger partial charge is 0.462 e. The summed E-state index contributed by atoms with van der Waals surface area (Å²) in [6, 6.07) is 0. The van der Waals surface area contributed by atoms with Gasteiger partial charge in [0, 0.05) is 19.3 Å². The minimum Gasteiger partial charge on any atom is -0.462 e. The molecule has 6 heteroatoms. The number of hydrogen-bond donors (Lipinski definition) is 0. The van der Waals surface area contributed by atoms with Crippen LogP contribution in [0.15, 0.2) is 0 Å². The summed E-state index contributed by atoms with van der Waals surface area (Å²) in [5.41, 5.74) is 0. The van der Waals surface area contributed by atoms with Gasteiger partial charge in [-0.1, -0.05) is 343 Å². The Bertz CT molecular complexity index is 1120. The number of rotatable bonds is 61. The lowest BCUT2D eigenvalue weighted by Gasteiger charge is -2.18. The van der Waals surface area contributed by atoms with Crippen molar-refractivity contribution in [1.29, 1.82) is 0 Å². The molecule has 0 fully saturated rings. The van der Waals surface area contributed by atoms with Crippen LogP contribution in [-0.2, 0) is 28.6 Å². The standard InChI is InChI=1S/C67H130O6/c1-6-8-9-10-11-12-13-32-37-42-47-52-57-65(68)71-60-64(73-67(70)59-54-49-44-39-34-29-25-21-16-14-18-22-26-30-35-40-45-50-55-62(3)4)61-72-66(69)58-53-48-43-38-33-28-24-20-17-15-19-23-27-31-36-41-46-51-56-63(5)7-2/h62-64H,6-61H2,1-5H3/t63?,64-/m1/s1. The first-order valence-corrected chi connectivity index (χ1v) is 33.3. The number of hydrogen-bond acceptors (Lipinski definition) is 6. The van der Waals surface area contributed by atoms with Crippen molar-refractivity contribution in [2.45, 2.75) is 387 Å². The first-order chi connectivity index (χ1) is 35.8. The molecule has 0 bridgehead atoms. The summed E-state index contributed by atoms with van der Waals surface area (Å²) in [5.74, 6) is 0.939. The summed E-state index contributed by atoms with van der Waals surface area (Å²) in [4.78, 5) is 38.3. The van der Waals surface area contributed by atoms with E-state index in [1.807, 2.05) is 0 Å². The van der Waals surface area contributed by atoms with Crippen LogP contribution < -0.4 is 0 Å². The van der Waals surface area contributed by atoms with Crippen molar-refractivity contribution in [2.75, 3.05) is 13.2 Å². The summed E-state index contributed by atoms with van der Waals surface area (Å²) < 4.78 is 17.0. The van der Waals surface area contributed by atoms with Crippen LogP contribution in [0.25, 0.3) is 0 Å². The molecule has 1 unspecified atom stereocenters. The third-order valence-corrected chi connectivity index (χ3v) is 15.8. The van der Waals surface area contributed by atoms with Crippen molar-refractivity contribution in [3.63, 3.8) is 0 Å². The Kier molecular flexibility index (Phi) is 58.4. The summed E-state index contributed by atoms with van der Waals surface area (Å²) in [5, 5.41) is 0. The second-order valence-corrected chi connectivity index (χ2v) is 23.8. The molecule has 434 valence electrons. The molecule has 6 nitrogen and oxygen atoms in total. The van der Waals surface area contributed by atoms with Gasteiger partial charge in [0.05, 0.1) is 0 Å². The van der Waals surface area contributed by atoms with E-state index < -0.39 is 6.10 Å². The maximum atomic E-state index is 12.9. The van der Waals surface area contributed by atoms with Crippen molar-refractivity contribution in [3.05, 3.63) is 0 Å². The highest BCUT2D eigenvalue weighted by Crippen LogP contribution is 2.20. The molecule has 0 saturated heterocycles. The maximum Gasteiger partial charge on any atom is 0.306 e. The molecule has 0 amide bonds. The van der Waals surface area contributed by atoms with Gasteiger partial charge in [-0.15, -0.1) is 0 Å². The molecule has 0 rings (SSSR count). The minimum absolute atomic E-state index is 0.0615. The number of esters is 3. The molecule has 0 aliphatic rings. The second kappa shape index (κ2) is 59.7. The minimum atomic E-state index is -0.763. The third kappa shape index (κ3) is 59.5. The summed E-state index contributed by atoms with van der Waals surface area (Å²) in [6.07, 6.45) is 66.8. The van der Waals surface area contributed by atoms with Crippen LogP contribution in [0.1, 0.15) is 381 Å². The van der Waals surface area contributed by atoms with Crippen molar-refractivity contribution < 1.29 is 28.6 Å². The van der Waals surface area contributed by atoms with Crippen molar-refractivity contribution in [3.8, 4) is 0 Å². The van der Waals surface area contributed by atoms with Gasteiger partial charge in [-0.3, -0.25) is 14.4 Å². The van der Waals surface area contributed by atoms with Crippen molar-refractivity contribution in [1.82, 2.24) is 0 Å². The van der Waals surface area contributed by atoms with Crippen LogP contribution in [0.5, 0.6) is 0 Å². The highest BCUT2D eigenvalue weighted by molar-refractivity contribution is 5.71. The van der Waals surface area contributed by atoms with Gasteiger partial charge >= 0.3 is 17.9 Å². The van der Waals surface area contributed by atoms with Crippen LogP contribution in [0.2, 0.25) is 0 Å². The zero-order valence-corrected chi connectivity index (χ0v) is 50.3. The normalized spacial score (nSPS) is 12.4. The van der Waals surface area contributed by atoms with Crippen LogP contribution in [0, 0.1) is 11.8 Å². The van der Waals surface area contributed by atoms with Gasteiger partial charge in [-0.25, -0.2) is 0 Å². The molecule has 0 radical (unpaired) electrons. The fraction of sp³-hybridized carbons (Fsp3) is 0.955. The van der Waals surface area contributed by atoms with E-state index in [0.717, 1.165) is 69.6 Å². The topological polar surface area (TPSA) is 78.9 Å². The monoisotopic (exact) mass is 1030 g/mol. The number of carbonyl (C=O) groups is 3. The van der Waals surface area contributed by atoms with E-state index in [-0.39, 0.29) is 31.1 Å². The molecule has 0 aromatic carbocycles. The molecule has 0 aliphatic carbocycles.